The first-order chi connectivity index (χ1) is 12.7. The molecule has 1 aliphatic rings. The van der Waals surface area contributed by atoms with Gasteiger partial charge in [0.15, 0.2) is 11.6 Å². The van der Waals surface area contributed by atoms with Gasteiger partial charge in [-0.25, -0.2) is 17.2 Å². The molecule has 0 aromatic heterocycles. The molecule has 0 saturated carbocycles. The van der Waals surface area contributed by atoms with Gasteiger partial charge in [0.05, 0.1) is 19.2 Å². The highest BCUT2D eigenvalue weighted by atomic mass is 32.2. The van der Waals surface area contributed by atoms with Crippen molar-refractivity contribution in [1.82, 2.24) is 0 Å². The van der Waals surface area contributed by atoms with Gasteiger partial charge in [0, 0.05) is 12.6 Å². The number of carbonyl (C=O) groups is 1. The van der Waals surface area contributed by atoms with Gasteiger partial charge in [0.25, 0.3) is 10.0 Å². The Morgan fingerprint density at radius 1 is 1.22 bits per heavy atom. The van der Waals surface area contributed by atoms with Crippen molar-refractivity contribution in [1.29, 1.82) is 0 Å². The van der Waals surface area contributed by atoms with E-state index in [1.165, 1.54) is 25.3 Å². The largest absolute Gasteiger partial charge is 0.495 e. The van der Waals surface area contributed by atoms with E-state index < -0.39 is 27.6 Å². The van der Waals surface area contributed by atoms with Gasteiger partial charge < -0.3 is 9.84 Å². The zero-order valence-electron chi connectivity index (χ0n) is 14.4. The highest BCUT2D eigenvalue weighted by molar-refractivity contribution is 7.93. The van der Waals surface area contributed by atoms with Gasteiger partial charge in [-0.15, -0.1) is 0 Å². The smallest absolute Gasteiger partial charge is 0.307 e. The molecular weight excluding hydrogens is 380 g/mol. The van der Waals surface area contributed by atoms with Gasteiger partial charge in [0.1, 0.15) is 10.6 Å². The molecule has 1 heterocycles. The van der Waals surface area contributed by atoms with Gasteiger partial charge in [0.2, 0.25) is 0 Å². The molecule has 144 valence electrons. The van der Waals surface area contributed by atoms with Crippen LogP contribution >= 0.6 is 0 Å². The van der Waals surface area contributed by atoms with Crippen LogP contribution in [0.15, 0.2) is 35.2 Å². The van der Waals surface area contributed by atoms with Gasteiger partial charge in [-0.2, -0.15) is 0 Å². The summed E-state index contributed by atoms with van der Waals surface area (Å²) in [4.78, 5) is 10.7. The number of fused-ring (bicyclic) bond motifs is 1. The number of nitrogens with zero attached hydrogens (tertiary/aromatic N) is 1. The van der Waals surface area contributed by atoms with Gasteiger partial charge in [-0.05, 0) is 42.2 Å². The molecule has 0 amide bonds. The van der Waals surface area contributed by atoms with Gasteiger partial charge in [-0.1, -0.05) is 6.07 Å². The van der Waals surface area contributed by atoms with Crippen LogP contribution < -0.4 is 9.04 Å². The Balaban J connectivity index is 2.13. The number of methoxy groups -OCH3 is 1. The van der Waals surface area contributed by atoms with E-state index in [0.29, 0.717) is 18.4 Å². The lowest BCUT2D eigenvalue weighted by Gasteiger charge is -2.31. The van der Waals surface area contributed by atoms with Crippen LogP contribution in [-0.2, 0) is 27.7 Å². The van der Waals surface area contributed by atoms with E-state index in [1.807, 2.05) is 0 Å². The van der Waals surface area contributed by atoms with E-state index >= 15 is 0 Å². The lowest BCUT2D eigenvalue weighted by atomic mass is 10.0. The topological polar surface area (TPSA) is 83.9 Å². The fourth-order valence-corrected chi connectivity index (χ4v) is 4.86. The first kappa shape index (κ1) is 19.1. The Hall–Kier alpha value is -2.68. The highest BCUT2D eigenvalue weighted by Crippen LogP contribution is 2.36. The first-order valence-electron chi connectivity index (χ1n) is 8.13. The maximum absolute atomic E-state index is 13.7. The van der Waals surface area contributed by atoms with Crippen LogP contribution in [0.25, 0.3) is 0 Å². The van der Waals surface area contributed by atoms with Crippen molar-refractivity contribution < 1.29 is 31.8 Å². The Kier molecular flexibility index (Phi) is 5.05. The van der Waals surface area contributed by atoms with Crippen molar-refractivity contribution >= 4 is 21.7 Å². The number of aliphatic carboxylic acids is 1. The second kappa shape index (κ2) is 7.15. The van der Waals surface area contributed by atoms with Crippen molar-refractivity contribution in [3.8, 4) is 5.75 Å². The summed E-state index contributed by atoms with van der Waals surface area (Å²) in [5.41, 5.74) is 0.750. The average molecular weight is 397 g/mol. The van der Waals surface area contributed by atoms with Crippen molar-refractivity contribution in [3.63, 3.8) is 0 Å². The minimum atomic E-state index is -4.18. The minimum absolute atomic E-state index is 0.0406. The molecule has 0 fully saturated rings. The van der Waals surface area contributed by atoms with Crippen molar-refractivity contribution in [2.24, 2.45) is 0 Å². The SMILES string of the molecule is COc1ccc(CC(=O)O)cc1S(=O)(=O)N1CCCc2cc(F)c(F)cc21. The number of carboxylic acids is 1. The molecule has 0 unspecified atom stereocenters. The fraction of sp³-hybridized carbons (Fsp3) is 0.278. The highest BCUT2D eigenvalue weighted by Gasteiger charge is 2.32. The average Bonchev–Trinajstić information content (AvgIpc) is 2.61. The summed E-state index contributed by atoms with van der Waals surface area (Å²) < 4.78 is 59.9. The summed E-state index contributed by atoms with van der Waals surface area (Å²) >= 11 is 0. The quantitative estimate of drug-likeness (QED) is 0.839. The summed E-state index contributed by atoms with van der Waals surface area (Å²) in [5, 5.41) is 8.95. The maximum atomic E-state index is 13.7. The zero-order valence-corrected chi connectivity index (χ0v) is 15.2. The van der Waals surface area contributed by atoms with E-state index in [0.717, 1.165) is 16.4 Å². The second-order valence-corrected chi connectivity index (χ2v) is 7.96. The summed E-state index contributed by atoms with van der Waals surface area (Å²) in [5.74, 6) is -3.24. The molecule has 0 atom stereocenters. The van der Waals surface area contributed by atoms with E-state index in [9.17, 15) is 22.0 Å². The van der Waals surface area contributed by atoms with E-state index in [1.54, 1.807) is 0 Å². The number of carboxylic acid groups (broad SMARTS) is 1. The predicted octanol–water partition coefficient (Wildman–Crippen LogP) is 2.74. The maximum Gasteiger partial charge on any atom is 0.307 e. The first-order valence-corrected chi connectivity index (χ1v) is 9.57. The Labute approximate surface area is 155 Å². The standard InChI is InChI=1S/C18H17F2NO5S/c1-26-16-5-4-11(8-18(22)23)7-17(16)27(24,25)21-6-2-3-12-9-13(19)14(20)10-15(12)21/h4-5,7,9-10H,2-3,6,8H2,1H3,(H,22,23). The number of hydrogen-bond donors (Lipinski definition) is 1. The molecule has 6 nitrogen and oxygen atoms in total. The van der Waals surface area contributed by atoms with Crippen LogP contribution in [0.2, 0.25) is 0 Å². The summed E-state index contributed by atoms with van der Waals surface area (Å²) in [6.45, 7) is 0.0900. The zero-order chi connectivity index (χ0) is 19.8. The van der Waals surface area contributed by atoms with Crippen LogP contribution in [0.4, 0.5) is 14.5 Å². The fourth-order valence-electron chi connectivity index (χ4n) is 3.12. The number of rotatable bonds is 5. The summed E-state index contributed by atoms with van der Waals surface area (Å²) in [7, 11) is -2.88. The van der Waals surface area contributed by atoms with Crippen molar-refractivity contribution in [2.45, 2.75) is 24.2 Å². The van der Waals surface area contributed by atoms with Crippen LogP contribution in [-0.4, -0.2) is 33.1 Å². The van der Waals surface area contributed by atoms with Gasteiger partial charge >= 0.3 is 5.97 Å². The molecule has 27 heavy (non-hydrogen) atoms. The molecule has 0 bridgehead atoms. The van der Waals surface area contributed by atoms with Gasteiger partial charge in [-0.3, -0.25) is 9.10 Å². The number of hydrogen-bond acceptors (Lipinski definition) is 4. The molecule has 0 aliphatic carbocycles. The molecule has 3 rings (SSSR count). The molecule has 2 aromatic carbocycles. The van der Waals surface area contributed by atoms with E-state index in [2.05, 4.69) is 0 Å². The molecule has 0 saturated heterocycles. The Morgan fingerprint density at radius 3 is 2.59 bits per heavy atom. The monoisotopic (exact) mass is 397 g/mol. The lowest BCUT2D eigenvalue weighted by Crippen LogP contribution is -2.36. The number of halogens is 2. The molecule has 1 aliphatic heterocycles. The third-order valence-electron chi connectivity index (χ3n) is 4.35. The van der Waals surface area contributed by atoms with E-state index in [-0.39, 0.29) is 34.9 Å². The third kappa shape index (κ3) is 3.59. The molecule has 1 N–H and O–H groups in total. The third-order valence-corrected chi connectivity index (χ3v) is 6.18. The Morgan fingerprint density at radius 2 is 1.93 bits per heavy atom. The predicted molar refractivity (Wildman–Crippen MR) is 93.5 cm³/mol. The van der Waals surface area contributed by atoms with Crippen molar-refractivity contribution in [2.75, 3.05) is 18.0 Å². The minimum Gasteiger partial charge on any atom is -0.495 e. The number of sulfonamides is 1. The molecular formula is C18H17F2NO5S. The second-order valence-electron chi connectivity index (χ2n) is 6.13. The number of anilines is 1. The summed E-state index contributed by atoms with van der Waals surface area (Å²) in [6, 6.07) is 5.95. The van der Waals surface area contributed by atoms with E-state index in [4.69, 9.17) is 9.84 Å². The molecule has 9 heteroatoms. The van der Waals surface area contributed by atoms with Crippen LogP contribution in [0.3, 0.4) is 0 Å². The number of ether oxygens (including phenoxy) is 1. The molecule has 0 spiro atoms. The molecule has 2 aromatic rings. The normalized spacial score (nSPS) is 14.0. The van der Waals surface area contributed by atoms with Crippen LogP contribution in [0, 0.1) is 11.6 Å². The van der Waals surface area contributed by atoms with Crippen LogP contribution in [0.1, 0.15) is 17.5 Å². The molecule has 0 radical (unpaired) electrons. The number of aryl methyl sites for hydroxylation is 1. The van der Waals surface area contributed by atoms with Crippen molar-refractivity contribution in [3.05, 3.63) is 53.1 Å². The Bertz CT molecular complexity index is 1010. The van der Waals surface area contributed by atoms with Crippen LogP contribution in [0.5, 0.6) is 5.75 Å². The number of benzene rings is 2. The lowest BCUT2D eigenvalue weighted by molar-refractivity contribution is -0.136. The summed E-state index contributed by atoms with van der Waals surface area (Å²) in [6.07, 6.45) is 0.506.